The van der Waals surface area contributed by atoms with Crippen molar-refractivity contribution in [1.82, 2.24) is 10.6 Å². The Hall–Kier alpha value is -2.48. The van der Waals surface area contributed by atoms with Crippen LogP contribution in [-0.2, 0) is 4.79 Å². The molecular weight excluding hydrogens is 312 g/mol. The Labute approximate surface area is 150 Å². The summed E-state index contributed by atoms with van der Waals surface area (Å²) < 4.78 is 0. The predicted molar refractivity (Wildman–Crippen MR) is 104 cm³/mol. The molecule has 0 saturated heterocycles. The number of hydrogen-bond acceptors (Lipinski definition) is 2. The van der Waals surface area contributed by atoms with Crippen molar-refractivity contribution in [3.05, 3.63) is 29.8 Å². The van der Waals surface area contributed by atoms with Gasteiger partial charge in [0, 0.05) is 24.3 Å². The number of terminal acetylenes is 1. The maximum Gasteiger partial charge on any atom is 0.246 e. The fourth-order valence-electron chi connectivity index (χ4n) is 2.98. The van der Waals surface area contributed by atoms with Gasteiger partial charge in [0.1, 0.15) is 6.54 Å². The molecule has 0 aliphatic heterocycles. The Balaban J connectivity index is 1.88. The fourth-order valence-corrected chi connectivity index (χ4v) is 2.98. The molecule has 0 spiro atoms. The van der Waals surface area contributed by atoms with Gasteiger partial charge in [-0.2, -0.15) is 0 Å². The van der Waals surface area contributed by atoms with E-state index in [0.717, 1.165) is 18.7 Å². The Bertz CT molecular complexity index is 650. The van der Waals surface area contributed by atoms with Crippen molar-refractivity contribution in [3.8, 4) is 12.3 Å². The van der Waals surface area contributed by atoms with Crippen LogP contribution in [0.5, 0.6) is 0 Å². The highest BCUT2D eigenvalue weighted by atomic mass is 16.1. The van der Waals surface area contributed by atoms with Crippen LogP contribution in [0, 0.1) is 17.8 Å². The zero-order valence-electron chi connectivity index (χ0n) is 15.2. The minimum atomic E-state index is -0.166. The zero-order chi connectivity index (χ0) is 18.1. The molecule has 1 fully saturated rings. The van der Waals surface area contributed by atoms with E-state index in [-0.39, 0.29) is 12.5 Å². The van der Waals surface area contributed by atoms with Crippen LogP contribution in [-0.4, -0.2) is 31.5 Å². The number of guanidine groups is 1. The van der Waals surface area contributed by atoms with Gasteiger partial charge in [0.2, 0.25) is 5.91 Å². The maximum absolute atomic E-state index is 12.1. The highest BCUT2D eigenvalue weighted by Crippen LogP contribution is 2.42. The molecule has 0 radical (unpaired) electrons. The van der Waals surface area contributed by atoms with Gasteiger partial charge in [0.05, 0.1) is 0 Å². The minimum Gasteiger partial charge on any atom is -0.357 e. The van der Waals surface area contributed by atoms with E-state index in [1.165, 1.54) is 25.7 Å². The maximum atomic E-state index is 12.1. The molecule has 1 aliphatic rings. The van der Waals surface area contributed by atoms with Crippen molar-refractivity contribution in [1.29, 1.82) is 0 Å². The topological polar surface area (TPSA) is 65.5 Å². The summed E-state index contributed by atoms with van der Waals surface area (Å²) in [7, 11) is 0. The molecule has 1 aromatic carbocycles. The van der Waals surface area contributed by atoms with Gasteiger partial charge in [-0.3, -0.25) is 4.79 Å². The van der Waals surface area contributed by atoms with E-state index in [2.05, 4.69) is 33.8 Å². The van der Waals surface area contributed by atoms with Gasteiger partial charge in [0.25, 0.3) is 0 Å². The van der Waals surface area contributed by atoms with Crippen molar-refractivity contribution in [2.75, 3.05) is 25.0 Å². The highest BCUT2D eigenvalue weighted by molar-refractivity contribution is 5.94. The molecule has 0 aromatic heterocycles. The van der Waals surface area contributed by atoms with Crippen LogP contribution in [0.25, 0.3) is 0 Å². The molecule has 134 valence electrons. The van der Waals surface area contributed by atoms with Crippen molar-refractivity contribution in [2.45, 2.75) is 39.5 Å². The lowest BCUT2D eigenvalue weighted by Crippen LogP contribution is -2.46. The Morgan fingerprint density at radius 1 is 1.32 bits per heavy atom. The molecule has 1 aromatic rings. The molecule has 1 amide bonds. The number of carbonyl (C=O) groups excluding carboxylic acids is 1. The normalized spacial score (nSPS) is 15.6. The van der Waals surface area contributed by atoms with Crippen LogP contribution in [0.2, 0.25) is 0 Å². The third-order valence-electron chi connectivity index (χ3n) is 4.83. The quantitative estimate of drug-likeness (QED) is 0.406. The van der Waals surface area contributed by atoms with Gasteiger partial charge in [-0.1, -0.05) is 25.3 Å². The van der Waals surface area contributed by atoms with Crippen LogP contribution in [0.3, 0.4) is 0 Å². The second kappa shape index (κ2) is 9.12. The van der Waals surface area contributed by atoms with Crippen LogP contribution in [0.1, 0.15) is 45.1 Å². The number of anilines is 1. The molecule has 0 heterocycles. The molecule has 2 rings (SSSR count). The molecular formula is C20H28N4O. The molecule has 5 heteroatoms. The average Bonchev–Trinajstić information content (AvgIpc) is 2.59. The summed E-state index contributed by atoms with van der Waals surface area (Å²) in [6.07, 6.45) is 10.4. The molecule has 0 atom stereocenters. The van der Waals surface area contributed by atoms with E-state index in [1.54, 1.807) is 6.07 Å². The second-order valence-corrected chi connectivity index (χ2v) is 6.53. The Morgan fingerprint density at radius 3 is 2.72 bits per heavy atom. The summed E-state index contributed by atoms with van der Waals surface area (Å²) in [6.45, 7) is 5.98. The van der Waals surface area contributed by atoms with Gasteiger partial charge in [-0.15, -0.1) is 6.42 Å². The first kappa shape index (κ1) is 18.9. The number of carbonyl (C=O) groups is 1. The molecule has 0 bridgehead atoms. The smallest absolute Gasteiger partial charge is 0.246 e. The third kappa shape index (κ3) is 5.53. The molecule has 1 aliphatic carbocycles. The van der Waals surface area contributed by atoms with Crippen LogP contribution < -0.4 is 16.0 Å². The number of aliphatic imine (C=N–C) groups is 1. The molecule has 0 unspecified atom stereocenters. The summed E-state index contributed by atoms with van der Waals surface area (Å²) in [6, 6.07) is 7.23. The molecule has 3 N–H and O–H groups in total. The summed E-state index contributed by atoms with van der Waals surface area (Å²) >= 11 is 0. The number of nitrogens with zero attached hydrogens (tertiary/aromatic N) is 1. The minimum absolute atomic E-state index is 0.0642. The van der Waals surface area contributed by atoms with Gasteiger partial charge in [-0.25, -0.2) is 4.99 Å². The van der Waals surface area contributed by atoms with E-state index < -0.39 is 0 Å². The number of hydrogen-bond donors (Lipinski definition) is 3. The molecule has 25 heavy (non-hydrogen) atoms. The van der Waals surface area contributed by atoms with E-state index in [0.29, 0.717) is 17.1 Å². The lowest BCUT2D eigenvalue weighted by molar-refractivity contribution is -0.114. The third-order valence-corrected chi connectivity index (χ3v) is 4.83. The average molecular weight is 340 g/mol. The number of benzene rings is 1. The first-order chi connectivity index (χ1) is 12.1. The van der Waals surface area contributed by atoms with Crippen molar-refractivity contribution in [3.63, 3.8) is 0 Å². The zero-order valence-corrected chi connectivity index (χ0v) is 15.2. The number of nitrogens with one attached hydrogen (secondary N) is 3. The van der Waals surface area contributed by atoms with Crippen molar-refractivity contribution < 1.29 is 4.79 Å². The Morgan fingerprint density at radius 2 is 2.12 bits per heavy atom. The van der Waals surface area contributed by atoms with Crippen LogP contribution in [0.15, 0.2) is 29.3 Å². The van der Waals surface area contributed by atoms with Crippen molar-refractivity contribution >= 4 is 17.6 Å². The highest BCUT2D eigenvalue weighted by Gasteiger charge is 2.34. The van der Waals surface area contributed by atoms with Gasteiger partial charge < -0.3 is 16.0 Å². The van der Waals surface area contributed by atoms with E-state index in [4.69, 9.17) is 6.42 Å². The standard InChI is InChI=1S/C20H28N4O/c1-4-16-9-7-10-17(13-16)24-18(25)14-22-19(21-6-3)23-15-20(5-2)11-8-12-20/h1,7,9-10,13H,5-6,8,11-12,14-15H2,2-3H3,(H,24,25)(H2,21,22,23). The summed E-state index contributed by atoms with van der Waals surface area (Å²) in [5, 5.41) is 9.40. The van der Waals surface area contributed by atoms with E-state index in [1.807, 2.05) is 25.1 Å². The largest absolute Gasteiger partial charge is 0.357 e. The first-order valence-electron chi connectivity index (χ1n) is 8.99. The lowest BCUT2D eigenvalue weighted by Gasteiger charge is -2.41. The molecule has 1 saturated carbocycles. The van der Waals surface area contributed by atoms with E-state index >= 15 is 0 Å². The second-order valence-electron chi connectivity index (χ2n) is 6.53. The van der Waals surface area contributed by atoms with Crippen LogP contribution in [0.4, 0.5) is 5.69 Å². The van der Waals surface area contributed by atoms with Gasteiger partial charge in [-0.05, 0) is 49.8 Å². The number of amides is 1. The summed E-state index contributed by atoms with van der Waals surface area (Å²) in [4.78, 5) is 16.5. The van der Waals surface area contributed by atoms with Crippen LogP contribution >= 0.6 is 0 Å². The van der Waals surface area contributed by atoms with E-state index in [9.17, 15) is 4.79 Å². The van der Waals surface area contributed by atoms with Gasteiger partial charge in [0.15, 0.2) is 5.96 Å². The Kier molecular flexibility index (Phi) is 6.88. The predicted octanol–water partition coefficient (Wildman–Crippen LogP) is 2.74. The van der Waals surface area contributed by atoms with Gasteiger partial charge >= 0.3 is 0 Å². The SMILES string of the molecule is C#Cc1cccc(NC(=O)CN=C(NCC)NCC2(CC)CCC2)c1. The molecule has 5 nitrogen and oxygen atoms in total. The number of rotatable bonds is 7. The monoisotopic (exact) mass is 340 g/mol. The summed E-state index contributed by atoms with van der Waals surface area (Å²) in [5.41, 5.74) is 1.82. The summed E-state index contributed by atoms with van der Waals surface area (Å²) in [5.74, 6) is 3.08. The van der Waals surface area contributed by atoms with Crippen molar-refractivity contribution in [2.24, 2.45) is 10.4 Å². The fraction of sp³-hybridized carbons (Fsp3) is 0.500. The first-order valence-corrected chi connectivity index (χ1v) is 8.99. The lowest BCUT2D eigenvalue weighted by atomic mass is 9.67.